The molecule has 0 spiro atoms. The van der Waals surface area contributed by atoms with Crippen molar-refractivity contribution < 1.29 is 12.8 Å². The minimum absolute atomic E-state index is 0.160. The average Bonchev–Trinajstić information content (AvgIpc) is 2.42. The Kier molecular flexibility index (Phi) is 4.25. The van der Waals surface area contributed by atoms with E-state index in [1.54, 1.807) is 31.2 Å². The van der Waals surface area contributed by atoms with Gasteiger partial charge in [-0.3, -0.25) is 4.31 Å². The molecule has 2 aromatic rings. The van der Waals surface area contributed by atoms with Crippen LogP contribution in [0.25, 0.3) is 0 Å². The smallest absolute Gasteiger partial charge is 0.267 e. The van der Waals surface area contributed by atoms with Crippen LogP contribution < -0.4 is 10.0 Å². The number of hydrogen-bond donors (Lipinski definition) is 1. The zero-order valence-electron chi connectivity index (χ0n) is 11.5. The van der Waals surface area contributed by atoms with Crippen molar-refractivity contribution in [3.05, 3.63) is 52.3 Å². The van der Waals surface area contributed by atoms with Gasteiger partial charge in [-0.2, -0.15) is 0 Å². The fraction of sp³-hybridized carbons (Fsp3) is 0.143. The Morgan fingerprint density at radius 1 is 1.24 bits per heavy atom. The van der Waals surface area contributed by atoms with Crippen molar-refractivity contribution >= 4 is 37.3 Å². The molecule has 0 fully saturated rings. The van der Waals surface area contributed by atoms with Crippen molar-refractivity contribution in [3.63, 3.8) is 0 Å². The van der Waals surface area contributed by atoms with Crippen LogP contribution in [-0.2, 0) is 10.0 Å². The van der Waals surface area contributed by atoms with Crippen molar-refractivity contribution in [2.45, 2.75) is 11.8 Å². The number of para-hydroxylation sites is 1. The number of halogens is 2. The molecule has 112 valence electrons. The van der Waals surface area contributed by atoms with E-state index in [1.807, 2.05) is 0 Å². The second kappa shape index (κ2) is 5.65. The Labute approximate surface area is 131 Å². The van der Waals surface area contributed by atoms with Crippen LogP contribution in [0.2, 0.25) is 0 Å². The molecule has 0 bridgehead atoms. The van der Waals surface area contributed by atoms with Crippen LogP contribution in [-0.4, -0.2) is 15.5 Å². The molecule has 2 N–H and O–H groups in total. The predicted octanol–water partition coefficient (Wildman–Crippen LogP) is 3.30. The molecular formula is C14H14BrFN2O2S. The Morgan fingerprint density at radius 2 is 1.86 bits per heavy atom. The van der Waals surface area contributed by atoms with E-state index in [0.29, 0.717) is 10.2 Å². The van der Waals surface area contributed by atoms with Crippen molar-refractivity contribution in [1.29, 1.82) is 0 Å². The molecule has 0 radical (unpaired) electrons. The summed E-state index contributed by atoms with van der Waals surface area (Å²) in [7, 11) is -2.64. The van der Waals surface area contributed by atoms with Crippen molar-refractivity contribution in [2.75, 3.05) is 17.1 Å². The molecule has 2 aromatic carbocycles. The van der Waals surface area contributed by atoms with E-state index < -0.39 is 20.7 Å². The molecule has 0 saturated heterocycles. The van der Waals surface area contributed by atoms with Gasteiger partial charge in [-0.15, -0.1) is 0 Å². The first-order chi connectivity index (χ1) is 9.75. The van der Waals surface area contributed by atoms with E-state index in [4.69, 9.17) is 5.73 Å². The Morgan fingerprint density at radius 3 is 2.48 bits per heavy atom. The lowest BCUT2D eigenvalue weighted by Crippen LogP contribution is -2.28. The number of benzene rings is 2. The van der Waals surface area contributed by atoms with Crippen LogP contribution in [0.3, 0.4) is 0 Å². The van der Waals surface area contributed by atoms with Gasteiger partial charge < -0.3 is 5.73 Å². The predicted molar refractivity (Wildman–Crippen MR) is 85.3 cm³/mol. The first-order valence-corrected chi connectivity index (χ1v) is 8.27. The number of sulfonamides is 1. The maximum Gasteiger partial charge on any atom is 0.267 e. The highest BCUT2D eigenvalue weighted by atomic mass is 79.9. The first kappa shape index (κ1) is 15.8. The number of nitrogens with zero attached hydrogens (tertiary/aromatic N) is 1. The fourth-order valence-electron chi connectivity index (χ4n) is 1.94. The largest absolute Gasteiger partial charge is 0.398 e. The highest BCUT2D eigenvalue weighted by Gasteiger charge is 2.26. The molecular weight excluding hydrogens is 359 g/mol. The summed E-state index contributed by atoms with van der Waals surface area (Å²) < 4.78 is 40.5. The third kappa shape index (κ3) is 2.89. The zero-order valence-corrected chi connectivity index (χ0v) is 13.9. The molecule has 0 aromatic heterocycles. The molecule has 0 unspecified atom stereocenters. The SMILES string of the molecule is Cc1ccccc1N(C)S(=O)(=O)c1cc(N)c(Br)cc1F. The second-order valence-corrected chi connectivity index (χ2v) is 7.36. The third-order valence-corrected chi connectivity index (χ3v) is 5.62. The number of rotatable bonds is 3. The molecule has 21 heavy (non-hydrogen) atoms. The van der Waals surface area contributed by atoms with Crippen LogP contribution in [0, 0.1) is 12.7 Å². The molecule has 0 amide bonds. The third-order valence-electron chi connectivity index (χ3n) is 3.14. The Hall–Kier alpha value is -1.60. The van der Waals surface area contributed by atoms with Gasteiger partial charge in [0.2, 0.25) is 0 Å². The molecule has 0 aliphatic carbocycles. The number of nitrogens with two attached hydrogens (primary N) is 1. The van der Waals surface area contributed by atoms with E-state index in [-0.39, 0.29) is 5.69 Å². The highest BCUT2D eigenvalue weighted by Crippen LogP contribution is 2.30. The van der Waals surface area contributed by atoms with Gasteiger partial charge in [0.05, 0.1) is 5.69 Å². The van der Waals surface area contributed by atoms with Crippen LogP contribution >= 0.6 is 15.9 Å². The van der Waals surface area contributed by atoms with E-state index >= 15 is 0 Å². The summed E-state index contributed by atoms with van der Waals surface area (Å²) in [6, 6.07) is 9.14. The maximum absolute atomic E-state index is 14.0. The lowest BCUT2D eigenvalue weighted by Gasteiger charge is -2.22. The number of hydrogen-bond acceptors (Lipinski definition) is 3. The molecule has 4 nitrogen and oxygen atoms in total. The highest BCUT2D eigenvalue weighted by molar-refractivity contribution is 9.10. The topological polar surface area (TPSA) is 63.4 Å². The molecule has 0 aliphatic heterocycles. The summed E-state index contributed by atoms with van der Waals surface area (Å²) in [5.41, 5.74) is 7.08. The van der Waals surface area contributed by atoms with Gasteiger partial charge in [0.25, 0.3) is 10.0 Å². The van der Waals surface area contributed by atoms with Crippen LogP contribution in [0.5, 0.6) is 0 Å². The second-order valence-electron chi connectivity index (χ2n) is 4.56. The van der Waals surface area contributed by atoms with E-state index in [0.717, 1.165) is 22.0 Å². The maximum atomic E-state index is 14.0. The van der Waals surface area contributed by atoms with E-state index in [9.17, 15) is 12.8 Å². The van der Waals surface area contributed by atoms with Crippen molar-refractivity contribution in [2.24, 2.45) is 0 Å². The zero-order chi connectivity index (χ0) is 15.8. The van der Waals surface area contributed by atoms with E-state index in [1.165, 1.54) is 7.05 Å². The normalized spacial score (nSPS) is 11.4. The Bertz CT molecular complexity index is 794. The quantitative estimate of drug-likeness (QED) is 0.840. The van der Waals surface area contributed by atoms with Crippen LogP contribution in [0.15, 0.2) is 45.8 Å². The minimum atomic E-state index is -4.03. The lowest BCUT2D eigenvalue weighted by molar-refractivity contribution is 0.565. The summed E-state index contributed by atoms with van der Waals surface area (Å²) in [5, 5.41) is 0. The summed E-state index contributed by atoms with van der Waals surface area (Å²) in [4.78, 5) is -0.450. The molecule has 7 heteroatoms. The van der Waals surface area contributed by atoms with Gasteiger partial charge in [-0.25, -0.2) is 12.8 Å². The number of anilines is 2. The van der Waals surface area contributed by atoms with Gasteiger partial charge in [0, 0.05) is 17.2 Å². The van der Waals surface area contributed by atoms with Gasteiger partial charge in [-0.1, -0.05) is 18.2 Å². The van der Waals surface area contributed by atoms with Gasteiger partial charge in [0.1, 0.15) is 10.7 Å². The molecule has 2 rings (SSSR count). The summed E-state index contributed by atoms with van der Waals surface area (Å²) >= 11 is 3.07. The number of nitrogen functional groups attached to an aromatic ring is 1. The van der Waals surface area contributed by atoms with Gasteiger partial charge in [-0.05, 0) is 46.6 Å². The average molecular weight is 373 g/mol. The van der Waals surface area contributed by atoms with Gasteiger partial charge in [0.15, 0.2) is 0 Å². The van der Waals surface area contributed by atoms with Gasteiger partial charge >= 0.3 is 0 Å². The standard InChI is InChI=1S/C14H14BrFN2O2S/c1-9-5-3-4-6-13(9)18(2)21(19,20)14-8-12(17)10(15)7-11(14)16/h3-8H,17H2,1-2H3. The monoisotopic (exact) mass is 372 g/mol. The van der Waals surface area contributed by atoms with Crippen LogP contribution in [0.1, 0.15) is 5.56 Å². The van der Waals surface area contributed by atoms with Crippen molar-refractivity contribution in [1.82, 2.24) is 0 Å². The number of aryl methyl sites for hydroxylation is 1. The molecule has 0 heterocycles. The first-order valence-electron chi connectivity index (χ1n) is 6.04. The Balaban J connectivity index is 2.58. The lowest BCUT2D eigenvalue weighted by atomic mass is 10.2. The summed E-state index contributed by atoms with van der Waals surface area (Å²) in [6.45, 7) is 1.79. The minimum Gasteiger partial charge on any atom is -0.398 e. The van der Waals surface area contributed by atoms with E-state index in [2.05, 4.69) is 15.9 Å². The summed E-state index contributed by atoms with van der Waals surface area (Å²) in [6.07, 6.45) is 0. The molecule has 0 aliphatic rings. The fourth-order valence-corrected chi connectivity index (χ4v) is 3.59. The van der Waals surface area contributed by atoms with Crippen LogP contribution in [0.4, 0.5) is 15.8 Å². The molecule has 0 atom stereocenters. The van der Waals surface area contributed by atoms with Crippen molar-refractivity contribution in [3.8, 4) is 0 Å². The molecule has 0 saturated carbocycles. The summed E-state index contributed by atoms with van der Waals surface area (Å²) in [5.74, 6) is -0.850.